The molecule has 0 unspecified atom stereocenters. The maximum Gasteiger partial charge on any atom is 0.270 e. The number of aromatic nitrogens is 3. The SMILES string of the molecule is C=CCn1c(C)nnc1SCc1cc([N+](=O)[O-])ccc1OC(C)C. The molecule has 0 N–H and O–H groups in total. The number of allylic oxidation sites excluding steroid dienone is 1. The highest BCUT2D eigenvalue weighted by Crippen LogP contribution is 2.31. The number of ether oxygens (including phenoxy) is 1. The third-order valence-corrected chi connectivity index (χ3v) is 4.20. The van der Waals surface area contributed by atoms with Gasteiger partial charge in [-0.3, -0.25) is 10.1 Å². The van der Waals surface area contributed by atoms with Crippen LogP contribution in [0.1, 0.15) is 25.2 Å². The van der Waals surface area contributed by atoms with Crippen molar-refractivity contribution in [1.29, 1.82) is 0 Å². The van der Waals surface area contributed by atoms with E-state index in [4.69, 9.17) is 4.74 Å². The first-order valence-corrected chi connectivity index (χ1v) is 8.48. The smallest absolute Gasteiger partial charge is 0.270 e. The zero-order valence-electron chi connectivity index (χ0n) is 13.9. The maximum absolute atomic E-state index is 11.0. The topological polar surface area (TPSA) is 83.1 Å². The molecule has 8 heteroatoms. The molecular formula is C16H20N4O3S. The number of benzene rings is 1. The number of rotatable bonds is 8. The van der Waals surface area contributed by atoms with Crippen molar-refractivity contribution in [3.8, 4) is 5.75 Å². The van der Waals surface area contributed by atoms with Gasteiger partial charge >= 0.3 is 0 Å². The summed E-state index contributed by atoms with van der Waals surface area (Å²) in [6.45, 7) is 10.1. The predicted octanol–water partition coefficient (Wildman–Crippen LogP) is 3.76. The Morgan fingerprint density at radius 1 is 1.46 bits per heavy atom. The van der Waals surface area contributed by atoms with E-state index in [2.05, 4.69) is 16.8 Å². The molecule has 2 aromatic rings. The van der Waals surface area contributed by atoms with Gasteiger partial charge in [-0.05, 0) is 26.8 Å². The third kappa shape index (κ3) is 4.35. The molecule has 0 saturated heterocycles. The van der Waals surface area contributed by atoms with E-state index < -0.39 is 4.92 Å². The first kappa shape index (κ1) is 18.0. The Balaban J connectivity index is 2.25. The summed E-state index contributed by atoms with van der Waals surface area (Å²) in [7, 11) is 0. The highest BCUT2D eigenvalue weighted by molar-refractivity contribution is 7.98. The number of nitrogens with zero attached hydrogens (tertiary/aromatic N) is 4. The van der Waals surface area contributed by atoms with Crippen LogP contribution in [0.5, 0.6) is 5.75 Å². The zero-order chi connectivity index (χ0) is 17.7. The molecule has 24 heavy (non-hydrogen) atoms. The number of hydrogen-bond donors (Lipinski definition) is 0. The monoisotopic (exact) mass is 348 g/mol. The molecule has 128 valence electrons. The van der Waals surface area contributed by atoms with Gasteiger partial charge in [-0.1, -0.05) is 17.8 Å². The van der Waals surface area contributed by atoms with E-state index >= 15 is 0 Å². The van der Waals surface area contributed by atoms with Crippen molar-refractivity contribution in [1.82, 2.24) is 14.8 Å². The Morgan fingerprint density at radius 3 is 2.83 bits per heavy atom. The summed E-state index contributed by atoms with van der Waals surface area (Å²) in [4.78, 5) is 10.6. The molecule has 0 bridgehead atoms. The van der Waals surface area contributed by atoms with Crippen LogP contribution in [0.25, 0.3) is 0 Å². The lowest BCUT2D eigenvalue weighted by molar-refractivity contribution is -0.384. The third-order valence-electron chi connectivity index (χ3n) is 3.19. The van der Waals surface area contributed by atoms with Crippen molar-refractivity contribution in [2.24, 2.45) is 0 Å². The van der Waals surface area contributed by atoms with Crippen molar-refractivity contribution in [3.05, 3.63) is 52.4 Å². The summed E-state index contributed by atoms with van der Waals surface area (Å²) in [6, 6.07) is 4.65. The minimum Gasteiger partial charge on any atom is -0.491 e. The van der Waals surface area contributed by atoms with Gasteiger partial charge in [0.25, 0.3) is 5.69 Å². The zero-order valence-corrected chi connectivity index (χ0v) is 14.7. The van der Waals surface area contributed by atoms with Crippen molar-refractivity contribution in [2.75, 3.05) is 0 Å². The van der Waals surface area contributed by atoms with E-state index in [0.717, 1.165) is 16.5 Å². The van der Waals surface area contributed by atoms with Gasteiger partial charge < -0.3 is 9.30 Å². The van der Waals surface area contributed by atoms with E-state index in [0.29, 0.717) is 18.0 Å². The first-order chi connectivity index (χ1) is 11.4. The first-order valence-electron chi connectivity index (χ1n) is 7.49. The van der Waals surface area contributed by atoms with Crippen LogP contribution >= 0.6 is 11.8 Å². The standard InChI is InChI=1S/C16H20N4O3S/c1-5-8-19-12(4)17-18-16(19)24-10-13-9-14(20(21)22)6-7-15(13)23-11(2)3/h5-7,9,11H,1,8,10H2,2-4H3. The molecule has 0 fully saturated rings. The summed E-state index contributed by atoms with van der Waals surface area (Å²) < 4.78 is 7.70. The van der Waals surface area contributed by atoms with Crippen molar-refractivity contribution in [2.45, 2.75) is 44.3 Å². The minimum atomic E-state index is -0.405. The van der Waals surface area contributed by atoms with Gasteiger partial charge in [0, 0.05) is 30.0 Å². The molecule has 1 heterocycles. The molecule has 0 aliphatic heterocycles. The van der Waals surface area contributed by atoms with Gasteiger partial charge in [-0.15, -0.1) is 16.8 Å². The fourth-order valence-electron chi connectivity index (χ4n) is 2.11. The van der Waals surface area contributed by atoms with Crippen LogP contribution in [0.15, 0.2) is 36.0 Å². The number of non-ortho nitro benzene ring substituents is 1. The number of nitro groups is 1. The molecule has 2 rings (SSSR count). The van der Waals surface area contributed by atoms with Gasteiger partial charge in [0.2, 0.25) is 0 Å². The van der Waals surface area contributed by atoms with Crippen molar-refractivity contribution < 1.29 is 9.66 Å². The van der Waals surface area contributed by atoms with Gasteiger partial charge in [0.15, 0.2) is 5.16 Å². The van der Waals surface area contributed by atoms with Crippen LogP contribution in [-0.2, 0) is 12.3 Å². The number of hydrogen-bond acceptors (Lipinski definition) is 6. The summed E-state index contributed by atoms with van der Waals surface area (Å²) >= 11 is 1.46. The van der Waals surface area contributed by atoms with Gasteiger partial charge in [0.05, 0.1) is 11.0 Å². The quantitative estimate of drug-likeness (QED) is 0.313. The second kappa shape index (κ2) is 7.96. The van der Waals surface area contributed by atoms with E-state index in [-0.39, 0.29) is 11.8 Å². The fourth-order valence-corrected chi connectivity index (χ4v) is 3.08. The summed E-state index contributed by atoms with van der Waals surface area (Å²) in [6.07, 6.45) is 1.77. The lowest BCUT2D eigenvalue weighted by Crippen LogP contribution is -2.07. The maximum atomic E-state index is 11.0. The molecule has 0 saturated carbocycles. The average Bonchev–Trinajstić information content (AvgIpc) is 2.86. The van der Waals surface area contributed by atoms with E-state index in [1.54, 1.807) is 18.2 Å². The van der Waals surface area contributed by atoms with Gasteiger partial charge in [-0.25, -0.2) is 0 Å². The summed E-state index contributed by atoms with van der Waals surface area (Å²) in [5, 5.41) is 20.0. The molecule has 1 aromatic heterocycles. The highest BCUT2D eigenvalue weighted by Gasteiger charge is 2.15. The van der Waals surface area contributed by atoms with E-state index in [9.17, 15) is 10.1 Å². The molecule has 1 aromatic carbocycles. The molecule has 7 nitrogen and oxygen atoms in total. The highest BCUT2D eigenvalue weighted by atomic mass is 32.2. The average molecular weight is 348 g/mol. The Bertz CT molecular complexity index is 743. The van der Waals surface area contributed by atoms with Crippen LogP contribution in [0.3, 0.4) is 0 Å². The molecule has 0 aliphatic rings. The van der Waals surface area contributed by atoms with E-state index in [1.807, 2.05) is 25.3 Å². The minimum absolute atomic E-state index is 0.0122. The van der Waals surface area contributed by atoms with Crippen LogP contribution in [0.2, 0.25) is 0 Å². The Morgan fingerprint density at radius 2 is 2.21 bits per heavy atom. The predicted molar refractivity (Wildman–Crippen MR) is 93.4 cm³/mol. The number of nitro benzene ring substituents is 1. The summed E-state index contributed by atoms with van der Waals surface area (Å²) in [5.74, 6) is 1.95. The Kier molecular flexibility index (Phi) is 5.97. The van der Waals surface area contributed by atoms with Gasteiger partial charge in [-0.2, -0.15) is 0 Å². The lowest BCUT2D eigenvalue weighted by Gasteiger charge is -2.14. The van der Waals surface area contributed by atoms with Crippen LogP contribution in [0, 0.1) is 17.0 Å². The number of aryl methyl sites for hydroxylation is 1. The lowest BCUT2D eigenvalue weighted by atomic mass is 10.2. The molecule has 0 amide bonds. The van der Waals surface area contributed by atoms with Gasteiger partial charge in [0.1, 0.15) is 11.6 Å². The summed E-state index contributed by atoms with van der Waals surface area (Å²) in [5.41, 5.74) is 0.805. The largest absolute Gasteiger partial charge is 0.491 e. The van der Waals surface area contributed by atoms with E-state index in [1.165, 1.54) is 17.8 Å². The normalized spacial score (nSPS) is 10.8. The van der Waals surface area contributed by atoms with Crippen molar-refractivity contribution in [3.63, 3.8) is 0 Å². The van der Waals surface area contributed by atoms with Crippen LogP contribution in [-0.4, -0.2) is 25.8 Å². The fraction of sp³-hybridized carbons (Fsp3) is 0.375. The Hall–Kier alpha value is -2.35. The second-order valence-corrected chi connectivity index (χ2v) is 6.38. The molecular weight excluding hydrogens is 328 g/mol. The molecule has 0 aliphatic carbocycles. The molecule has 0 spiro atoms. The van der Waals surface area contributed by atoms with Crippen molar-refractivity contribution >= 4 is 17.4 Å². The van der Waals surface area contributed by atoms with Crippen LogP contribution < -0.4 is 4.74 Å². The number of thioether (sulfide) groups is 1. The van der Waals surface area contributed by atoms with Crippen LogP contribution in [0.4, 0.5) is 5.69 Å². The molecule has 0 atom stereocenters. The molecule has 0 radical (unpaired) electrons. The Labute approximate surface area is 144 Å². The second-order valence-electron chi connectivity index (χ2n) is 5.43.